The van der Waals surface area contributed by atoms with Crippen molar-refractivity contribution in [1.82, 2.24) is 5.32 Å². The minimum atomic E-state index is 0.437. The average molecular weight is 312 g/mol. The maximum atomic E-state index is 5.45. The highest BCUT2D eigenvalue weighted by molar-refractivity contribution is 9.10. The molecule has 18 heavy (non-hydrogen) atoms. The van der Waals surface area contributed by atoms with Gasteiger partial charge in [0, 0.05) is 23.2 Å². The van der Waals surface area contributed by atoms with Gasteiger partial charge in [-0.3, -0.25) is 0 Å². The quantitative estimate of drug-likeness (QED) is 0.900. The second-order valence-corrected chi connectivity index (χ2v) is 6.00. The predicted molar refractivity (Wildman–Crippen MR) is 79.0 cm³/mol. The van der Waals surface area contributed by atoms with Crippen molar-refractivity contribution in [1.29, 1.82) is 0 Å². The molecule has 2 rings (SSSR count). The molecule has 1 aromatic carbocycles. The summed E-state index contributed by atoms with van der Waals surface area (Å²) >= 11 is 3.54. The molecule has 0 radical (unpaired) electrons. The Morgan fingerprint density at radius 1 is 1.44 bits per heavy atom. The summed E-state index contributed by atoms with van der Waals surface area (Å²) < 4.78 is 6.65. The van der Waals surface area contributed by atoms with Gasteiger partial charge >= 0.3 is 0 Å². The van der Waals surface area contributed by atoms with Gasteiger partial charge in [0.15, 0.2) is 0 Å². The lowest BCUT2D eigenvalue weighted by atomic mass is 9.88. The van der Waals surface area contributed by atoms with Crippen molar-refractivity contribution < 1.29 is 4.74 Å². The van der Waals surface area contributed by atoms with Crippen LogP contribution in [0.4, 0.5) is 0 Å². The smallest absolute Gasteiger partial charge is 0.0616 e. The van der Waals surface area contributed by atoms with Crippen molar-refractivity contribution in [2.45, 2.75) is 45.2 Å². The van der Waals surface area contributed by atoms with Crippen molar-refractivity contribution >= 4 is 15.9 Å². The summed E-state index contributed by atoms with van der Waals surface area (Å²) in [7, 11) is 0. The number of hydrogen-bond acceptors (Lipinski definition) is 2. The second kappa shape index (κ2) is 6.69. The fourth-order valence-corrected chi connectivity index (χ4v) is 3.02. The second-order valence-electron chi connectivity index (χ2n) is 5.08. The lowest BCUT2D eigenvalue weighted by Gasteiger charge is -2.28. The normalized spacial score (nSPS) is 20.5. The van der Waals surface area contributed by atoms with E-state index in [2.05, 4.69) is 46.4 Å². The van der Waals surface area contributed by atoms with E-state index in [0.29, 0.717) is 12.1 Å². The number of rotatable bonds is 5. The molecule has 0 aromatic heterocycles. The van der Waals surface area contributed by atoms with E-state index in [1.165, 1.54) is 28.4 Å². The summed E-state index contributed by atoms with van der Waals surface area (Å²) in [4.78, 5) is 0. The monoisotopic (exact) mass is 311 g/mol. The first-order valence-electron chi connectivity index (χ1n) is 6.80. The Labute approximate surface area is 118 Å². The molecule has 0 saturated heterocycles. The molecule has 0 spiro atoms. The van der Waals surface area contributed by atoms with Crippen LogP contribution in [-0.2, 0) is 17.6 Å². The molecule has 0 saturated carbocycles. The third-order valence-corrected chi connectivity index (χ3v) is 3.98. The van der Waals surface area contributed by atoms with Crippen LogP contribution < -0.4 is 5.32 Å². The van der Waals surface area contributed by atoms with Crippen LogP contribution in [0, 0.1) is 0 Å². The molecule has 1 aliphatic carbocycles. The van der Waals surface area contributed by atoms with Crippen LogP contribution in [0.1, 0.15) is 31.4 Å². The Morgan fingerprint density at radius 3 is 3.06 bits per heavy atom. The van der Waals surface area contributed by atoms with E-state index in [4.69, 9.17) is 4.74 Å². The van der Waals surface area contributed by atoms with Crippen LogP contribution in [0.15, 0.2) is 22.7 Å². The van der Waals surface area contributed by atoms with E-state index < -0.39 is 0 Å². The number of aryl methyl sites for hydroxylation is 1. The van der Waals surface area contributed by atoms with Crippen molar-refractivity contribution in [2.75, 3.05) is 13.2 Å². The summed E-state index contributed by atoms with van der Waals surface area (Å²) in [5.74, 6) is 0. The topological polar surface area (TPSA) is 21.3 Å². The molecule has 0 aliphatic heterocycles. The standard InChI is InChI=1S/C15H22BrNO/c1-3-18-10-11(2)17-15-7-5-12-8-14(16)6-4-13(12)9-15/h4,6,8,11,15,17H,3,5,7,9-10H2,1-2H3. The minimum Gasteiger partial charge on any atom is -0.380 e. The molecule has 1 aliphatic rings. The molecule has 2 atom stereocenters. The Kier molecular flexibility index (Phi) is 5.22. The van der Waals surface area contributed by atoms with Gasteiger partial charge in [-0.15, -0.1) is 0 Å². The molecule has 2 nitrogen and oxygen atoms in total. The van der Waals surface area contributed by atoms with Crippen LogP contribution in [0.2, 0.25) is 0 Å². The lowest BCUT2D eigenvalue weighted by Crippen LogP contribution is -2.42. The van der Waals surface area contributed by atoms with Crippen LogP contribution in [0.5, 0.6) is 0 Å². The zero-order valence-corrected chi connectivity index (χ0v) is 12.8. The molecule has 2 unspecified atom stereocenters. The van der Waals surface area contributed by atoms with Crippen LogP contribution in [0.25, 0.3) is 0 Å². The van der Waals surface area contributed by atoms with Gasteiger partial charge in [-0.25, -0.2) is 0 Å². The summed E-state index contributed by atoms with van der Waals surface area (Å²) in [6.45, 7) is 5.85. The summed E-state index contributed by atoms with van der Waals surface area (Å²) in [5, 5.41) is 3.67. The molecule has 0 fully saturated rings. The van der Waals surface area contributed by atoms with E-state index in [-0.39, 0.29) is 0 Å². The number of ether oxygens (including phenoxy) is 1. The Bertz CT molecular complexity index is 394. The highest BCUT2D eigenvalue weighted by Gasteiger charge is 2.19. The van der Waals surface area contributed by atoms with Crippen LogP contribution in [0.3, 0.4) is 0 Å². The maximum Gasteiger partial charge on any atom is 0.0616 e. The molecule has 0 amide bonds. The van der Waals surface area contributed by atoms with Gasteiger partial charge in [-0.2, -0.15) is 0 Å². The average Bonchev–Trinajstić information content (AvgIpc) is 2.36. The molecule has 100 valence electrons. The van der Waals surface area contributed by atoms with Crippen LogP contribution >= 0.6 is 15.9 Å². The van der Waals surface area contributed by atoms with Crippen LogP contribution in [-0.4, -0.2) is 25.3 Å². The number of hydrogen-bond donors (Lipinski definition) is 1. The molecule has 3 heteroatoms. The zero-order chi connectivity index (χ0) is 13.0. The molecule has 0 heterocycles. The Hall–Kier alpha value is -0.380. The SMILES string of the molecule is CCOCC(C)NC1CCc2cc(Br)ccc2C1. The summed E-state index contributed by atoms with van der Waals surface area (Å²) in [6, 6.07) is 7.68. The molecule has 1 N–H and O–H groups in total. The van der Waals surface area contributed by atoms with Crippen molar-refractivity contribution in [3.8, 4) is 0 Å². The predicted octanol–water partition coefficient (Wildman–Crippen LogP) is 3.32. The van der Waals surface area contributed by atoms with Crippen molar-refractivity contribution in [3.05, 3.63) is 33.8 Å². The third-order valence-electron chi connectivity index (χ3n) is 3.49. The van der Waals surface area contributed by atoms with E-state index in [0.717, 1.165) is 19.6 Å². The Morgan fingerprint density at radius 2 is 2.28 bits per heavy atom. The first-order valence-corrected chi connectivity index (χ1v) is 7.59. The van der Waals surface area contributed by atoms with Gasteiger partial charge < -0.3 is 10.1 Å². The van der Waals surface area contributed by atoms with Crippen molar-refractivity contribution in [3.63, 3.8) is 0 Å². The lowest BCUT2D eigenvalue weighted by molar-refractivity contribution is 0.122. The van der Waals surface area contributed by atoms with E-state index in [1.54, 1.807) is 0 Å². The van der Waals surface area contributed by atoms with Crippen molar-refractivity contribution in [2.24, 2.45) is 0 Å². The third kappa shape index (κ3) is 3.81. The highest BCUT2D eigenvalue weighted by Crippen LogP contribution is 2.24. The van der Waals surface area contributed by atoms with Gasteiger partial charge in [0.05, 0.1) is 6.61 Å². The highest BCUT2D eigenvalue weighted by atomic mass is 79.9. The molecule has 0 bridgehead atoms. The largest absolute Gasteiger partial charge is 0.380 e. The first kappa shape index (κ1) is 14.0. The van der Waals surface area contributed by atoms with Gasteiger partial charge in [0.1, 0.15) is 0 Å². The van der Waals surface area contributed by atoms with Gasteiger partial charge in [0.2, 0.25) is 0 Å². The number of nitrogens with one attached hydrogen (secondary N) is 1. The molecular formula is C15H22BrNO. The summed E-state index contributed by atoms with van der Waals surface area (Å²) in [6.07, 6.45) is 3.53. The van der Waals surface area contributed by atoms with E-state index in [1.807, 2.05) is 6.92 Å². The van der Waals surface area contributed by atoms with E-state index >= 15 is 0 Å². The van der Waals surface area contributed by atoms with Gasteiger partial charge in [-0.1, -0.05) is 22.0 Å². The minimum absolute atomic E-state index is 0.437. The fraction of sp³-hybridized carbons (Fsp3) is 0.600. The number of benzene rings is 1. The Balaban J connectivity index is 1.89. The first-order chi connectivity index (χ1) is 8.69. The zero-order valence-electron chi connectivity index (χ0n) is 11.2. The van der Waals surface area contributed by atoms with E-state index in [9.17, 15) is 0 Å². The molecule has 1 aromatic rings. The number of halogens is 1. The number of fused-ring (bicyclic) bond motifs is 1. The fourth-order valence-electron chi connectivity index (χ4n) is 2.61. The van der Waals surface area contributed by atoms with Gasteiger partial charge in [-0.05, 0) is 56.4 Å². The maximum absolute atomic E-state index is 5.45. The summed E-state index contributed by atoms with van der Waals surface area (Å²) in [5.41, 5.74) is 2.99. The molecular weight excluding hydrogens is 290 g/mol. The van der Waals surface area contributed by atoms with Gasteiger partial charge in [0.25, 0.3) is 0 Å².